The van der Waals surface area contributed by atoms with Crippen molar-refractivity contribution in [1.82, 2.24) is 14.9 Å². The second-order valence-electron chi connectivity index (χ2n) is 4.57. The molecule has 1 fully saturated rings. The number of carbonyl (C=O) groups excluding carboxylic acids is 1. The lowest BCUT2D eigenvalue weighted by molar-refractivity contribution is 0.0737. The molecule has 0 saturated carbocycles. The summed E-state index contributed by atoms with van der Waals surface area (Å²) in [6.07, 6.45) is 2.54. The fourth-order valence-electron chi connectivity index (χ4n) is 2.10. The van der Waals surface area contributed by atoms with Crippen LogP contribution in [0.3, 0.4) is 0 Å². The molecule has 0 bridgehead atoms. The molecule has 110 valence electrons. The van der Waals surface area contributed by atoms with Crippen molar-refractivity contribution in [2.45, 2.75) is 12.5 Å². The molecule has 0 N–H and O–H groups in total. The van der Waals surface area contributed by atoms with Crippen molar-refractivity contribution in [2.75, 3.05) is 13.1 Å². The number of amides is 1. The molecule has 6 nitrogen and oxygen atoms in total. The number of likely N-dealkylation sites (tertiary alicyclic amines) is 1. The van der Waals surface area contributed by atoms with Gasteiger partial charge in [0.05, 0.1) is 18.9 Å². The predicted octanol–water partition coefficient (Wildman–Crippen LogP) is 2.26. The molecule has 3 heterocycles. The maximum Gasteiger partial charge on any atom is 0.316 e. The summed E-state index contributed by atoms with van der Waals surface area (Å²) in [6.45, 7) is 0.973. The highest BCUT2D eigenvalue weighted by molar-refractivity contribution is 9.10. The summed E-state index contributed by atoms with van der Waals surface area (Å²) < 4.78 is 24.0. The Morgan fingerprint density at radius 2 is 2.19 bits per heavy atom. The van der Waals surface area contributed by atoms with E-state index in [1.54, 1.807) is 17.0 Å². The van der Waals surface area contributed by atoms with E-state index in [0.717, 1.165) is 12.4 Å². The van der Waals surface area contributed by atoms with E-state index in [4.69, 9.17) is 9.15 Å². The molecule has 3 rings (SSSR count). The van der Waals surface area contributed by atoms with E-state index in [2.05, 4.69) is 25.9 Å². The first-order valence-electron chi connectivity index (χ1n) is 6.30. The highest BCUT2D eigenvalue weighted by atomic mass is 79.9. The number of hydrogen-bond donors (Lipinski definition) is 0. The molecular formula is C13H11BrFN3O3. The molecule has 21 heavy (non-hydrogen) atoms. The van der Waals surface area contributed by atoms with Crippen molar-refractivity contribution >= 4 is 21.8 Å². The molecule has 0 aliphatic carbocycles. The van der Waals surface area contributed by atoms with E-state index in [-0.39, 0.29) is 23.8 Å². The normalized spacial score (nSPS) is 18.0. The van der Waals surface area contributed by atoms with Crippen molar-refractivity contribution in [3.8, 4) is 6.01 Å². The van der Waals surface area contributed by atoms with Crippen LogP contribution in [0, 0.1) is 5.82 Å². The van der Waals surface area contributed by atoms with Crippen LogP contribution < -0.4 is 4.74 Å². The van der Waals surface area contributed by atoms with Gasteiger partial charge in [-0.1, -0.05) is 0 Å². The first-order valence-corrected chi connectivity index (χ1v) is 7.10. The molecule has 1 amide bonds. The van der Waals surface area contributed by atoms with Crippen LogP contribution >= 0.6 is 15.9 Å². The van der Waals surface area contributed by atoms with Gasteiger partial charge < -0.3 is 14.1 Å². The summed E-state index contributed by atoms with van der Waals surface area (Å²) in [6, 6.07) is 3.39. The smallest absolute Gasteiger partial charge is 0.316 e. The van der Waals surface area contributed by atoms with Gasteiger partial charge in [0.25, 0.3) is 5.91 Å². The van der Waals surface area contributed by atoms with Crippen molar-refractivity contribution in [1.29, 1.82) is 0 Å². The number of aromatic nitrogens is 2. The summed E-state index contributed by atoms with van der Waals surface area (Å²) >= 11 is 3.16. The van der Waals surface area contributed by atoms with E-state index >= 15 is 0 Å². The molecule has 0 radical (unpaired) electrons. The third-order valence-electron chi connectivity index (χ3n) is 3.08. The van der Waals surface area contributed by atoms with Crippen LogP contribution in [0.4, 0.5) is 4.39 Å². The molecule has 1 aliphatic rings. The molecule has 0 unspecified atom stereocenters. The van der Waals surface area contributed by atoms with Crippen LogP contribution in [0.15, 0.2) is 33.6 Å². The van der Waals surface area contributed by atoms with Crippen LogP contribution in [0.25, 0.3) is 0 Å². The van der Waals surface area contributed by atoms with Crippen molar-refractivity contribution in [3.05, 3.63) is 40.8 Å². The van der Waals surface area contributed by atoms with Crippen molar-refractivity contribution < 1.29 is 18.3 Å². The summed E-state index contributed by atoms with van der Waals surface area (Å²) in [4.78, 5) is 21.3. The molecule has 1 atom stereocenters. The Morgan fingerprint density at radius 1 is 1.43 bits per heavy atom. The van der Waals surface area contributed by atoms with Crippen LogP contribution in [0.5, 0.6) is 6.01 Å². The zero-order chi connectivity index (χ0) is 14.8. The second kappa shape index (κ2) is 5.80. The van der Waals surface area contributed by atoms with Gasteiger partial charge in [0.15, 0.2) is 16.2 Å². The highest BCUT2D eigenvalue weighted by Gasteiger charge is 2.30. The van der Waals surface area contributed by atoms with Gasteiger partial charge in [-0.05, 0) is 28.1 Å². The van der Waals surface area contributed by atoms with Gasteiger partial charge in [-0.2, -0.15) is 0 Å². The minimum absolute atomic E-state index is 0.108. The Kier molecular flexibility index (Phi) is 3.87. The summed E-state index contributed by atoms with van der Waals surface area (Å²) in [5, 5.41) is 0. The third kappa shape index (κ3) is 3.21. The standard InChI is InChI=1S/C13H11BrFN3O3/c14-11-2-1-10(21-11)12(19)18-4-3-9(7-18)20-13-16-5-8(15)6-17-13/h1-2,5-6,9H,3-4,7H2/t9-/m0/s1. The number of ether oxygens (including phenoxy) is 1. The lowest BCUT2D eigenvalue weighted by Crippen LogP contribution is -2.30. The number of halogens is 2. The first kappa shape index (κ1) is 14.0. The average Bonchev–Trinajstić information content (AvgIpc) is 3.10. The van der Waals surface area contributed by atoms with Crippen LogP contribution in [0.1, 0.15) is 17.0 Å². The van der Waals surface area contributed by atoms with Gasteiger partial charge in [-0.25, -0.2) is 14.4 Å². The molecule has 0 spiro atoms. The van der Waals surface area contributed by atoms with Crippen LogP contribution in [-0.4, -0.2) is 40.0 Å². The minimum Gasteiger partial charge on any atom is -0.458 e. The SMILES string of the molecule is O=C(c1ccc(Br)o1)N1CC[C@H](Oc2ncc(F)cn2)C1. The van der Waals surface area contributed by atoms with Gasteiger partial charge in [0.2, 0.25) is 0 Å². The topological polar surface area (TPSA) is 68.5 Å². The summed E-state index contributed by atoms with van der Waals surface area (Å²) in [5.41, 5.74) is 0. The van der Waals surface area contributed by atoms with Crippen molar-refractivity contribution in [2.24, 2.45) is 0 Å². The van der Waals surface area contributed by atoms with E-state index in [9.17, 15) is 9.18 Å². The van der Waals surface area contributed by atoms with Crippen molar-refractivity contribution in [3.63, 3.8) is 0 Å². The summed E-state index contributed by atoms with van der Waals surface area (Å²) in [5.74, 6) is -0.429. The molecule has 2 aromatic heterocycles. The number of rotatable bonds is 3. The third-order valence-corrected chi connectivity index (χ3v) is 3.51. The number of hydrogen-bond acceptors (Lipinski definition) is 5. The zero-order valence-corrected chi connectivity index (χ0v) is 12.4. The summed E-state index contributed by atoms with van der Waals surface area (Å²) in [7, 11) is 0. The Morgan fingerprint density at radius 3 is 2.86 bits per heavy atom. The van der Waals surface area contributed by atoms with E-state index in [1.807, 2.05) is 0 Å². The molecule has 1 aliphatic heterocycles. The van der Waals surface area contributed by atoms with Gasteiger partial charge in [0.1, 0.15) is 6.10 Å². The van der Waals surface area contributed by atoms with E-state index in [1.165, 1.54) is 0 Å². The Labute approximate surface area is 128 Å². The van der Waals surface area contributed by atoms with Crippen LogP contribution in [-0.2, 0) is 0 Å². The fraction of sp³-hybridized carbons (Fsp3) is 0.308. The second-order valence-corrected chi connectivity index (χ2v) is 5.35. The number of carbonyl (C=O) groups is 1. The fourth-order valence-corrected chi connectivity index (χ4v) is 2.41. The van der Waals surface area contributed by atoms with E-state index < -0.39 is 5.82 Å². The Bertz CT molecular complexity index is 646. The highest BCUT2D eigenvalue weighted by Crippen LogP contribution is 2.20. The molecule has 2 aromatic rings. The largest absolute Gasteiger partial charge is 0.458 e. The zero-order valence-electron chi connectivity index (χ0n) is 10.8. The van der Waals surface area contributed by atoms with Gasteiger partial charge in [0, 0.05) is 13.0 Å². The monoisotopic (exact) mass is 355 g/mol. The maximum absolute atomic E-state index is 12.7. The van der Waals surface area contributed by atoms with Crippen LogP contribution in [0.2, 0.25) is 0 Å². The molecule has 0 aromatic carbocycles. The Balaban J connectivity index is 1.60. The Hall–Kier alpha value is -1.96. The van der Waals surface area contributed by atoms with Gasteiger partial charge >= 0.3 is 6.01 Å². The molecule has 1 saturated heterocycles. The maximum atomic E-state index is 12.7. The van der Waals surface area contributed by atoms with Gasteiger partial charge in [-0.3, -0.25) is 4.79 Å². The number of nitrogens with zero attached hydrogens (tertiary/aromatic N) is 3. The van der Waals surface area contributed by atoms with Gasteiger partial charge in [-0.15, -0.1) is 0 Å². The minimum atomic E-state index is -0.519. The van der Waals surface area contributed by atoms with E-state index in [0.29, 0.717) is 24.2 Å². The lowest BCUT2D eigenvalue weighted by atomic mass is 10.3. The quantitative estimate of drug-likeness (QED) is 0.844. The first-order chi connectivity index (χ1) is 10.1. The average molecular weight is 356 g/mol. The molecular weight excluding hydrogens is 345 g/mol. The predicted molar refractivity (Wildman–Crippen MR) is 73.3 cm³/mol. The molecule has 8 heteroatoms. The lowest BCUT2D eigenvalue weighted by Gasteiger charge is -2.15. The number of furan rings is 1.